The van der Waals surface area contributed by atoms with Crippen molar-refractivity contribution in [2.45, 2.75) is 39.3 Å². The molecule has 2 aliphatic heterocycles. The lowest BCUT2D eigenvalue weighted by molar-refractivity contribution is -0.147. The minimum absolute atomic E-state index is 0.000192. The molecule has 2 amide bonds. The molecule has 0 bridgehead atoms. The van der Waals surface area contributed by atoms with Crippen LogP contribution in [0, 0.1) is 11.7 Å². The molecular formula is C25H30FN3O2. The molecule has 164 valence electrons. The molecule has 0 saturated carbocycles. The van der Waals surface area contributed by atoms with Gasteiger partial charge in [0.2, 0.25) is 11.8 Å². The third-order valence-corrected chi connectivity index (χ3v) is 6.22. The maximum atomic E-state index is 14.1. The minimum Gasteiger partial charge on any atom is -0.366 e. The maximum Gasteiger partial charge on any atom is 0.245 e. The number of rotatable bonds is 4. The van der Waals surface area contributed by atoms with Gasteiger partial charge >= 0.3 is 0 Å². The molecule has 2 aromatic carbocycles. The van der Waals surface area contributed by atoms with Gasteiger partial charge in [-0.15, -0.1) is 0 Å². The Labute approximate surface area is 183 Å². The number of fused-ring (bicyclic) bond motifs is 1. The van der Waals surface area contributed by atoms with E-state index < -0.39 is 6.04 Å². The molecule has 2 heterocycles. The minimum atomic E-state index is -0.471. The molecule has 1 fully saturated rings. The first-order valence-electron chi connectivity index (χ1n) is 11.1. The largest absolute Gasteiger partial charge is 0.366 e. The molecule has 0 radical (unpaired) electrons. The molecule has 5 nitrogen and oxygen atoms in total. The molecule has 2 aliphatic rings. The first kappa shape index (κ1) is 21.3. The Morgan fingerprint density at radius 2 is 1.61 bits per heavy atom. The number of hydrogen-bond acceptors (Lipinski definition) is 3. The van der Waals surface area contributed by atoms with Crippen molar-refractivity contribution < 1.29 is 14.0 Å². The van der Waals surface area contributed by atoms with Crippen LogP contribution in [0.5, 0.6) is 0 Å². The number of carbonyl (C=O) groups is 2. The van der Waals surface area contributed by atoms with Gasteiger partial charge in [-0.1, -0.05) is 50.2 Å². The SMILES string of the molecule is CC(C)CC(=O)N1Cc2ccccc2CC1C(=O)N1CCN(c2ccccc2F)CC1. The quantitative estimate of drug-likeness (QED) is 0.756. The molecule has 31 heavy (non-hydrogen) atoms. The Balaban J connectivity index is 1.49. The van der Waals surface area contributed by atoms with Gasteiger partial charge in [-0.2, -0.15) is 0 Å². The summed E-state index contributed by atoms with van der Waals surface area (Å²) < 4.78 is 14.1. The molecular weight excluding hydrogens is 393 g/mol. The van der Waals surface area contributed by atoms with Gasteiger partial charge < -0.3 is 14.7 Å². The monoisotopic (exact) mass is 423 g/mol. The van der Waals surface area contributed by atoms with Crippen molar-refractivity contribution in [2.24, 2.45) is 5.92 Å². The summed E-state index contributed by atoms with van der Waals surface area (Å²) in [6, 6.07) is 14.3. The van der Waals surface area contributed by atoms with E-state index in [0.29, 0.717) is 51.3 Å². The van der Waals surface area contributed by atoms with Crippen molar-refractivity contribution >= 4 is 17.5 Å². The summed E-state index contributed by atoms with van der Waals surface area (Å²) in [5, 5.41) is 0. The normalized spacial score (nSPS) is 18.8. The Morgan fingerprint density at radius 1 is 0.968 bits per heavy atom. The van der Waals surface area contributed by atoms with Crippen molar-refractivity contribution in [1.82, 2.24) is 9.80 Å². The predicted molar refractivity (Wildman–Crippen MR) is 119 cm³/mol. The van der Waals surface area contributed by atoms with E-state index in [0.717, 1.165) is 11.1 Å². The summed E-state index contributed by atoms with van der Waals surface area (Å²) in [5.41, 5.74) is 2.84. The third kappa shape index (κ3) is 4.58. The smallest absolute Gasteiger partial charge is 0.245 e. The number of carbonyl (C=O) groups excluding carboxylic acids is 2. The molecule has 0 N–H and O–H groups in total. The van der Waals surface area contributed by atoms with Crippen molar-refractivity contribution in [3.63, 3.8) is 0 Å². The van der Waals surface area contributed by atoms with Crippen LogP contribution in [0.25, 0.3) is 0 Å². The zero-order chi connectivity index (χ0) is 22.0. The van der Waals surface area contributed by atoms with E-state index in [9.17, 15) is 14.0 Å². The van der Waals surface area contributed by atoms with E-state index in [4.69, 9.17) is 0 Å². The molecule has 1 unspecified atom stereocenters. The highest BCUT2D eigenvalue weighted by Crippen LogP contribution is 2.27. The second-order valence-corrected chi connectivity index (χ2v) is 8.87. The van der Waals surface area contributed by atoms with Crippen molar-refractivity contribution in [3.05, 3.63) is 65.5 Å². The number of halogens is 1. The fourth-order valence-electron chi connectivity index (χ4n) is 4.56. The Bertz CT molecular complexity index is 953. The molecule has 0 aromatic heterocycles. The summed E-state index contributed by atoms with van der Waals surface area (Å²) >= 11 is 0. The van der Waals surface area contributed by atoms with Gasteiger partial charge in [0.15, 0.2) is 0 Å². The standard InChI is InChI=1S/C25H30FN3O2/c1-18(2)15-24(30)29-17-20-8-4-3-7-19(20)16-23(29)25(31)28-13-11-27(12-14-28)22-10-6-5-9-21(22)26/h3-10,18,23H,11-17H2,1-2H3. The number of hydrogen-bond donors (Lipinski definition) is 0. The average molecular weight is 424 g/mol. The van der Waals surface area contributed by atoms with Crippen LogP contribution in [0.2, 0.25) is 0 Å². The van der Waals surface area contributed by atoms with Gasteiger partial charge in [0.25, 0.3) is 0 Å². The van der Waals surface area contributed by atoms with Crippen molar-refractivity contribution in [1.29, 1.82) is 0 Å². The number of amides is 2. The Hall–Kier alpha value is -2.89. The van der Waals surface area contributed by atoms with Crippen LogP contribution in [-0.4, -0.2) is 53.8 Å². The molecule has 1 atom stereocenters. The van der Waals surface area contributed by atoms with Gasteiger partial charge in [0.1, 0.15) is 11.9 Å². The third-order valence-electron chi connectivity index (χ3n) is 6.22. The highest BCUT2D eigenvalue weighted by molar-refractivity contribution is 5.89. The van der Waals surface area contributed by atoms with Gasteiger partial charge in [-0.25, -0.2) is 4.39 Å². The van der Waals surface area contributed by atoms with Gasteiger partial charge in [0, 0.05) is 45.6 Å². The highest BCUT2D eigenvalue weighted by atomic mass is 19.1. The summed E-state index contributed by atoms with van der Waals surface area (Å²) in [7, 11) is 0. The van der Waals surface area contributed by atoms with Crippen LogP contribution < -0.4 is 4.90 Å². The summed E-state index contributed by atoms with van der Waals surface area (Å²) in [5.74, 6) is 0.0361. The highest BCUT2D eigenvalue weighted by Gasteiger charge is 2.37. The Kier molecular flexibility index (Phi) is 6.25. The topological polar surface area (TPSA) is 43.9 Å². The lowest BCUT2D eigenvalue weighted by Gasteiger charge is -2.42. The number of benzene rings is 2. The zero-order valence-corrected chi connectivity index (χ0v) is 18.3. The molecule has 1 saturated heterocycles. The lowest BCUT2D eigenvalue weighted by Crippen LogP contribution is -2.57. The van der Waals surface area contributed by atoms with Crippen molar-refractivity contribution in [2.75, 3.05) is 31.1 Å². The predicted octanol–water partition coefficient (Wildman–Crippen LogP) is 3.47. The maximum absolute atomic E-state index is 14.1. The van der Waals surface area contributed by atoms with Crippen LogP contribution >= 0.6 is 0 Å². The van der Waals surface area contributed by atoms with E-state index in [1.54, 1.807) is 17.0 Å². The van der Waals surface area contributed by atoms with Gasteiger partial charge in [0.05, 0.1) is 5.69 Å². The fourth-order valence-corrected chi connectivity index (χ4v) is 4.56. The first-order valence-corrected chi connectivity index (χ1v) is 11.1. The molecule has 0 aliphatic carbocycles. The second-order valence-electron chi connectivity index (χ2n) is 8.87. The van der Waals surface area contributed by atoms with Gasteiger partial charge in [-0.3, -0.25) is 9.59 Å². The van der Waals surface area contributed by atoms with E-state index in [1.165, 1.54) is 6.07 Å². The van der Waals surface area contributed by atoms with Crippen LogP contribution in [0.4, 0.5) is 10.1 Å². The second kappa shape index (κ2) is 9.08. The first-order chi connectivity index (χ1) is 14.9. The lowest BCUT2D eigenvalue weighted by atomic mass is 9.92. The van der Waals surface area contributed by atoms with E-state index in [-0.39, 0.29) is 23.5 Å². The fraction of sp³-hybridized carbons (Fsp3) is 0.440. The summed E-state index contributed by atoms with van der Waals surface area (Å²) in [6.45, 7) is 6.73. The zero-order valence-electron chi connectivity index (χ0n) is 18.3. The van der Waals surface area contributed by atoms with Crippen LogP contribution in [-0.2, 0) is 22.6 Å². The average Bonchev–Trinajstić information content (AvgIpc) is 2.78. The molecule has 0 spiro atoms. The molecule has 6 heteroatoms. The van der Waals surface area contributed by atoms with Crippen LogP contribution in [0.15, 0.2) is 48.5 Å². The van der Waals surface area contributed by atoms with Crippen molar-refractivity contribution in [3.8, 4) is 0 Å². The van der Waals surface area contributed by atoms with E-state index in [2.05, 4.69) is 6.07 Å². The van der Waals surface area contributed by atoms with E-state index >= 15 is 0 Å². The Morgan fingerprint density at radius 3 is 2.29 bits per heavy atom. The number of anilines is 1. The summed E-state index contributed by atoms with van der Waals surface area (Å²) in [6.07, 6.45) is 0.985. The number of para-hydroxylation sites is 1. The molecule has 4 rings (SSSR count). The summed E-state index contributed by atoms with van der Waals surface area (Å²) in [4.78, 5) is 32.1. The molecule has 2 aromatic rings. The van der Waals surface area contributed by atoms with Crippen LogP contribution in [0.3, 0.4) is 0 Å². The van der Waals surface area contributed by atoms with Crippen LogP contribution in [0.1, 0.15) is 31.4 Å². The van der Waals surface area contributed by atoms with Gasteiger partial charge in [-0.05, 0) is 29.2 Å². The number of piperazine rings is 1. The number of nitrogens with zero attached hydrogens (tertiary/aromatic N) is 3. The van der Waals surface area contributed by atoms with E-state index in [1.807, 2.05) is 47.9 Å².